The molecule has 2 amide bonds. The summed E-state index contributed by atoms with van der Waals surface area (Å²) in [5, 5.41) is 8.99. The third-order valence-corrected chi connectivity index (χ3v) is 7.02. The molecule has 0 bridgehead atoms. The fourth-order valence-corrected chi connectivity index (χ4v) is 5.02. The van der Waals surface area contributed by atoms with E-state index in [1.807, 2.05) is 0 Å². The monoisotopic (exact) mass is 601 g/mol. The van der Waals surface area contributed by atoms with Gasteiger partial charge >= 0.3 is 6.18 Å². The van der Waals surface area contributed by atoms with Gasteiger partial charge in [-0.3, -0.25) is 9.59 Å². The van der Waals surface area contributed by atoms with Crippen molar-refractivity contribution in [2.45, 2.75) is 12.2 Å². The van der Waals surface area contributed by atoms with Crippen molar-refractivity contribution in [3.05, 3.63) is 117 Å². The highest BCUT2D eigenvalue weighted by molar-refractivity contribution is 6.31. The quantitative estimate of drug-likeness (QED) is 0.228. The molecular weight excluding hydrogens is 588 g/mol. The summed E-state index contributed by atoms with van der Waals surface area (Å²) < 4.78 is 84.5. The van der Waals surface area contributed by atoms with E-state index in [4.69, 9.17) is 11.6 Å². The summed E-state index contributed by atoms with van der Waals surface area (Å²) in [5.41, 5.74) is -1.76. The van der Waals surface area contributed by atoms with Gasteiger partial charge in [0.25, 0.3) is 11.8 Å². The van der Waals surface area contributed by atoms with Crippen LogP contribution in [-0.4, -0.2) is 26.4 Å². The molecule has 14 heteroatoms. The molecule has 7 nitrogen and oxygen atoms in total. The zero-order valence-electron chi connectivity index (χ0n) is 20.7. The fourth-order valence-electron chi connectivity index (χ4n) is 4.80. The average Bonchev–Trinajstić information content (AvgIpc) is 3.52. The van der Waals surface area contributed by atoms with Gasteiger partial charge in [0.15, 0.2) is 5.65 Å². The molecule has 212 valence electrons. The normalized spacial score (nSPS) is 14.6. The Morgan fingerprint density at radius 2 is 1.76 bits per heavy atom. The van der Waals surface area contributed by atoms with Crippen molar-refractivity contribution in [1.29, 1.82) is 0 Å². The highest BCUT2D eigenvalue weighted by Gasteiger charge is 2.36. The molecule has 0 fully saturated rings. The molecule has 5 aromatic rings. The maximum absolute atomic E-state index is 15.1. The third-order valence-electron chi connectivity index (χ3n) is 6.67. The first-order valence-corrected chi connectivity index (χ1v) is 12.4. The molecule has 42 heavy (non-hydrogen) atoms. The van der Waals surface area contributed by atoms with Gasteiger partial charge in [-0.2, -0.15) is 18.3 Å². The number of nitrogens with zero attached hydrogens (tertiary/aromatic N) is 3. The lowest BCUT2D eigenvalue weighted by Crippen LogP contribution is -2.21. The van der Waals surface area contributed by atoms with Crippen molar-refractivity contribution in [3.8, 4) is 11.1 Å². The number of alkyl halides is 3. The third kappa shape index (κ3) is 4.81. The number of aromatic nitrogens is 3. The molecule has 0 aliphatic carbocycles. The standard InChI is InChI=1S/C28H14ClF6N5O2/c29-20-2-1-15(30)8-18(20)25-24-19(27(42)39-25)5-12(17-9-23-36-11-37-40(23)10-21(17)32)6-22(24)38-26(41)13-3-14(28(33,34)35)7-16(31)4-13/h1-11,25H,(H,38,41)(H,39,42). The predicted octanol–water partition coefficient (Wildman–Crippen LogP) is 6.57. The summed E-state index contributed by atoms with van der Waals surface area (Å²) in [6, 6.07) is 7.59. The molecule has 0 saturated carbocycles. The van der Waals surface area contributed by atoms with Gasteiger partial charge in [0.2, 0.25) is 0 Å². The molecule has 0 spiro atoms. The number of benzene rings is 3. The molecule has 1 aliphatic rings. The smallest absolute Gasteiger partial charge is 0.341 e. The lowest BCUT2D eigenvalue weighted by atomic mass is 9.92. The highest BCUT2D eigenvalue weighted by atomic mass is 35.5. The Morgan fingerprint density at radius 3 is 2.52 bits per heavy atom. The second-order valence-corrected chi connectivity index (χ2v) is 9.74. The zero-order chi connectivity index (χ0) is 29.9. The Morgan fingerprint density at radius 1 is 0.976 bits per heavy atom. The number of hydrogen-bond acceptors (Lipinski definition) is 4. The minimum atomic E-state index is -4.94. The van der Waals surface area contributed by atoms with Crippen molar-refractivity contribution in [2.24, 2.45) is 0 Å². The molecular formula is C28H14ClF6N5O2. The molecule has 1 aliphatic heterocycles. The van der Waals surface area contributed by atoms with Gasteiger partial charge in [0.05, 0.1) is 17.8 Å². The summed E-state index contributed by atoms with van der Waals surface area (Å²) >= 11 is 6.30. The Labute approximate surface area is 236 Å². The van der Waals surface area contributed by atoms with E-state index in [1.165, 1.54) is 35.1 Å². The molecule has 1 atom stereocenters. The van der Waals surface area contributed by atoms with E-state index in [9.17, 15) is 31.5 Å². The SMILES string of the molecule is O=C(Nc1cc(-c2cc3ncnn3cc2F)cc2c1C(c1cc(F)ccc1Cl)NC2=O)c1cc(F)cc(C(F)(F)F)c1. The number of nitrogens with one attached hydrogen (secondary N) is 2. The van der Waals surface area contributed by atoms with Crippen molar-refractivity contribution >= 4 is 34.7 Å². The molecule has 3 aromatic carbocycles. The van der Waals surface area contributed by atoms with E-state index >= 15 is 4.39 Å². The first kappa shape index (κ1) is 27.3. The van der Waals surface area contributed by atoms with Crippen LogP contribution in [0.4, 0.5) is 32.0 Å². The molecule has 3 heterocycles. The van der Waals surface area contributed by atoms with Gasteiger partial charge in [-0.1, -0.05) is 11.6 Å². The van der Waals surface area contributed by atoms with E-state index < -0.39 is 52.6 Å². The number of carbonyl (C=O) groups is 2. The number of pyridine rings is 1. The number of hydrogen-bond donors (Lipinski definition) is 2. The molecule has 1 unspecified atom stereocenters. The van der Waals surface area contributed by atoms with Gasteiger partial charge in [0.1, 0.15) is 23.8 Å². The van der Waals surface area contributed by atoms with E-state index in [0.717, 1.165) is 18.3 Å². The van der Waals surface area contributed by atoms with E-state index in [0.29, 0.717) is 12.1 Å². The van der Waals surface area contributed by atoms with Crippen LogP contribution in [0, 0.1) is 17.5 Å². The number of fused-ring (bicyclic) bond motifs is 2. The van der Waals surface area contributed by atoms with Crippen LogP contribution in [0.15, 0.2) is 67.1 Å². The summed E-state index contributed by atoms with van der Waals surface area (Å²) in [5.74, 6) is -4.59. The highest BCUT2D eigenvalue weighted by Crippen LogP contribution is 2.42. The second-order valence-electron chi connectivity index (χ2n) is 9.34. The van der Waals surface area contributed by atoms with Crippen LogP contribution in [0.5, 0.6) is 0 Å². The average molecular weight is 602 g/mol. The first-order valence-electron chi connectivity index (χ1n) is 12.0. The molecule has 2 aromatic heterocycles. The van der Waals surface area contributed by atoms with Gasteiger partial charge in [-0.15, -0.1) is 0 Å². The van der Waals surface area contributed by atoms with Crippen molar-refractivity contribution < 1.29 is 35.9 Å². The maximum atomic E-state index is 15.1. The van der Waals surface area contributed by atoms with Crippen molar-refractivity contribution in [2.75, 3.05) is 5.32 Å². The Kier molecular flexibility index (Phi) is 6.41. The lowest BCUT2D eigenvalue weighted by Gasteiger charge is -2.19. The molecule has 6 rings (SSSR count). The number of anilines is 1. The molecule has 0 radical (unpaired) electrons. The molecule has 0 saturated heterocycles. The fraction of sp³-hybridized carbons (Fsp3) is 0.0714. The number of amides is 2. The number of carbonyl (C=O) groups excluding carboxylic acids is 2. The van der Waals surface area contributed by atoms with E-state index in [2.05, 4.69) is 20.7 Å². The van der Waals surface area contributed by atoms with Gasteiger partial charge in [0, 0.05) is 38.5 Å². The van der Waals surface area contributed by atoms with Crippen LogP contribution in [0.25, 0.3) is 16.8 Å². The maximum Gasteiger partial charge on any atom is 0.416 e. The van der Waals surface area contributed by atoms with Crippen LogP contribution in [0.3, 0.4) is 0 Å². The van der Waals surface area contributed by atoms with E-state index in [1.54, 1.807) is 0 Å². The Bertz CT molecular complexity index is 1940. The zero-order valence-corrected chi connectivity index (χ0v) is 21.5. The van der Waals surface area contributed by atoms with Gasteiger partial charge in [-0.25, -0.2) is 22.7 Å². The van der Waals surface area contributed by atoms with Gasteiger partial charge in [-0.05, 0) is 60.2 Å². The summed E-state index contributed by atoms with van der Waals surface area (Å²) in [6.45, 7) is 0. The van der Waals surface area contributed by atoms with Crippen LogP contribution in [-0.2, 0) is 6.18 Å². The minimum Gasteiger partial charge on any atom is -0.341 e. The van der Waals surface area contributed by atoms with Crippen LogP contribution in [0.1, 0.15) is 43.4 Å². The predicted molar refractivity (Wildman–Crippen MR) is 138 cm³/mol. The summed E-state index contributed by atoms with van der Waals surface area (Å²) in [6.07, 6.45) is -2.70. The summed E-state index contributed by atoms with van der Waals surface area (Å²) in [7, 11) is 0. The van der Waals surface area contributed by atoms with E-state index in [-0.39, 0.29) is 50.2 Å². The lowest BCUT2D eigenvalue weighted by molar-refractivity contribution is -0.137. The minimum absolute atomic E-state index is 0.0426. The summed E-state index contributed by atoms with van der Waals surface area (Å²) in [4.78, 5) is 30.4. The Hall–Kier alpha value is -4.91. The largest absolute Gasteiger partial charge is 0.416 e. The number of halogens is 7. The first-order chi connectivity index (χ1) is 19.9. The van der Waals surface area contributed by atoms with Crippen LogP contribution in [0.2, 0.25) is 5.02 Å². The number of rotatable bonds is 4. The van der Waals surface area contributed by atoms with Crippen molar-refractivity contribution in [3.63, 3.8) is 0 Å². The van der Waals surface area contributed by atoms with Crippen LogP contribution >= 0.6 is 11.6 Å². The second kappa shape index (κ2) is 9.87. The molecule has 2 N–H and O–H groups in total. The van der Waals surface area contributed by atoms with Gasteiger partial charge < -0.3 is 10.6 Å². The Balaban J connectivity index is 1.53. The van der Waals surface area contributed by atoms with Crippen molar-refractivity contribution in [1.82, 2.24) is 19.9 Å². The topological polar surface area (TPSA) is 88.4 Å². The van der Waals surface area contributed by atoms with Crippen LogP contribution < -0.4 is 10.6 Å².